The Labute approximate surface area is 62.8 Å². The summed E-state index contributed by atoms with van der Waals surface area (Å²) in [5.41, 5.74) is 0. The predicted molar refractivity (Wildman–Crippen MR) is 41.6 cm³/mol. The molecule has 0 aromatic rings. The van der Waals surface area contributed by atoms with Crippen molar-refractivity contribution in [1.29, 1.82) is 0 Å². The van der Waals surface area contributed by atoms with Crippen LogP contribution in [0.1, 0.15) is 27.7 Å². The number of allylic oxidation sites excluding steroid dienone is 1. The third-order valence-electron chi connectivity index (χ3n) is 1.09. The summed E-state index contributed by atoms with van der Waals surface area (Å²) in [6.07, 6.45) is 2.17. The van der Waals surface area contributed by atoms with E-state index < -0.39 is 0 Å². The van der Waals surface area contributed by atoms with E-state index in [1.807, 2.05) is 33.8 Å². The number of rotatable bonds is 0. The van der Waals surface area contributed by atoms with Crippen LogP contribution < -0.4 is 0 Å². The zero-order valence-electron chi connectivity index (χ0n) is 7.18. The van der Waals surface area contributed by atoms with Crippen molar-refractivity contribution >= 4 is 0 Å². The molecule has 60 valence electrons. The molecular weight excluding hydrogens is 128 g/mol. The molecule has 0 fully saturated rings. The molecule has 0 spiro atoms. The van der Waals surface area contributed by atoms with E-state index >= 15 is 0 Å². The first-order chi connectivity index (χ1) is 4.79. The van der Waals surface area contributed by atoms with Gasteiger partial charge in [-0.1, -0.05) is 13.8 Å². The standard InChI is InChI=1S/C6H10O2.C2H6/c1-5-3-6(2)8-4-7-5;1-2/h3,5H,4H2,1-2H3;1-2H3. The molecular formula is C8H16O2. The van der Waals surface area contributed by atoms with Gasteiger partial charge in [-0.25, -0.2) is 0 Å². The first-order valence-electron chi connectivity index (χ1n) is 3.72. The molecule has 2 heteroatoms. The molecule has 0 aromatic carbocycles. The lowest BCUT2D eigenvalue weighted by Crippen LogP contribution is -2.14. The van der Waals surface area contributed by atoms with Gasteiger partial charge >= 0.3 is 0 Å². The van der Waals surface area contributed by atoms with Crippen molar-refractivity contribution in [2.75, 3.05) is 6.79 Å². The van der Waals surface area contributed by atoms with E-state index in [1.165, 1.54) is 0 Å². The zero-order chi connectivity index (χ0) is 7.98. The van der Waals surface area contributed by atoms with Crippen molar-refractivity contribution in [1.82, 2.24) is 0 Å². The van der Waals surface area contributed by atoms with Gasteiger partial charge in [-0.05, 0) is 19.9 Å². The molecule has 0 radical (unpaired) electrons. The second-order valence-electron chi connectivity index (χ2n) is 1.91. The minimum atomic E-state index is 0.226. The van der Waals surface area contributed by atoms with Gasteiger partial charge < -0.3 is 9.47 Å². The van der Waals surface area contributed by atoms with E-state index in [-0.39, 0.29) is 6.10 Å². The van der Waals surface area contributed by atoms with Gasteiger partial charge in [0.1, 0.15) is 0 Å². The topological polar surface area (TPSA) is 18.5 Å². The number of ether oxygens (including phenoxy) is 2. The Morgan fingerprint density at radius 2 is 2.10 bits per heavy atom. The van der Waals surface area contributed by atoms with Crippen LogP contribution in [0, 0.1) is 0 Å². The van der Waals surface area contributed by atoms with Gasteiger partial charge in [0.05, 0.1) is 11.9 Å². The molecule has 2 nitrogen and oxygen atoms in total. The second kappa shape index (κ2) is 5.30. The normalized spacial score (nSPS) is 23.6. The van der Waals surface area contributed by atoms with Gasteiger partial charge in [0.25, 0.3) is 0 Å². The molecule has 0 aromatic heterocycles. The lowest BCUT2D eigenvalue weighted by molar-refractivity contribution is -0.0629. The molecule has 0 bridgehead atoms. The van der Waals surface area contributed by atoms with Gasteiger partial charge in [0, 0.05) is 0 Å². The summed E-state index contributed by atoms with van der Waals surface area (Å²) in [4.78, 5) is 0. The summed E-state index contributed by atoms with van der Waals surface area (Å²) < 4.78 is 10.0. The van der Waals surface area contributed by atoms with E-state index in [2.05, 4.69) is 0 Å². The quantitative estimate of drug-likeness (QED) is 0.519. The predicted octanol–water partition coefficient (Wildman–Crippen LogP) is 2.31. The van der Waals surface area contributed by atoms with Gasteiger partial charge in [0.15, 0.2) is 6.79 Å². The van der Waals surface area contributed by atoms with Gasteiger partial charge in [-0.2, -0.15) is 0 Å². The second-order valence-corrected chi connectivity index (χ2v) is 1.91. The fourth-order valence-corrected chi connectivity index (χ4v) is 0.661. The van der Waals surface area contributed by atoms with Crippen LogP contribution in [-0.4, -0.2) is 12.9 Å². The van der Waals surface area contributed by atoms with E-state index in [4.69, 9.17) is 9.47 Å². The van der Waals surface area contributed by atoms with Crippen molar-refractivity contribution in [3.63, 3.8) is 0 Å². The summed E-state index contributed by atoms with van der Waals surface area (Å²) in [5.74, 6) is 0.962. The zero-order valence-corrected chi connectivity index (χ0v) is 7.18. The molecule has 0 aliphatic carbocycles. The monoisotopic (exact) mass is 144 g/mol. The lowest BCUT2D eigenvalue weighted by atomic mass is 10.3. The molecule has 10 heavy (non-hydrogen) atoms. The molecule has 0 saturated carbocycles. The van der Waals surface area contributed by atoms with Crippen molar-refractivity contribution in [2.45, 2.75) is 33.8 Å². The van der Waals surface area contributed by atoms with E-state index in [0.717, 1.165) is 5.76 Å². The fraction of sp³-hybridized carbons (Fsp3) is 0.750. The van der Waals surface area contributed by atoms with Crippen molar-refractivity contribution < 1.29 is 9.47 Å². The minimum Gasteiger partial charge on any atom is -0.472 e. The maximum Gasteiger partial charge on any atom is 0.189 e. The third kappa shape index (κ3) is 3.51. The van der Waals surface area contributed by atoms with Crippen LogP contribution in [0.4, 0.5) is 0 Å². The Bertz CT molecular complexity index is 108. The van der Waals surface area contributed by atoms with Gasteiger partial charge in [0.2, 0.25) is 0 Å². The first kappa shape index (κ1) is 9.50. The van der Waals surface area contributed by atoms with Crippen molar-refractivity contribution in [3.05, 3.63) is 11.8 Å². The SMILES string of the molecule is CC.CC1=CC(C)OCO1. The Morgan fingerprint density at radius 1 is 1.50 bits per heavy atom. The van der Waals surface area contributed by atoms with Crippen LogP contribution >= 0.6 is 0 Å². The van der Waals surface area contributed by atoms with Crippen LogP contribution in [0.3, 0.4) is 0 Å². The molecule has 1 atom stereocenters. The minimum absolute atomic E-state index is 0.226. The highest BCUT2D eigenvalue weighted by Crippen LogP contribution is 2.07. The Balaban J connectivity index is 0.000000371. The average molecular weight is 144 g/mol. The summed E-state index contributed by atoms with van der Waals surface area (Å²) in [5, 5.41) is 0. The number of hydrogen-bond donors (Lipinski definition) is 0. The Hall–Kier alpha value is -0.500. The van der Waals surface area contributed by atoms with E-state index in [0.29, 0.717) is 6.79 Å². The summed E-state index contributed by atoms with van der Waals surface area (Å²) in [7, 11) is 0. The maximum atomic E-state index is 5.05. The van der Waals surface area contributed by atoms with E-state index in [1.54, 1.807) is 0 Å². The molecule has 1 rings (SSSR count). The molecule has 1 heterocycles. The highest BCUT2D eigenvalue weighted by Gasteiger charge is 2.04. The van der Waals surface area contributed by atoms with Crippen LogP contribution in [0.15, 0.2) is 11.8 Å². The summed E-state index contributed by atoms with van der Waals surface area (Å²) in [6.45, 7) is 8.33. The lowest BCUT2D eigenvalue weighted by Gasteiger charge is -2.16. The summed E-state index contributed by atoms with van der Waals surface area (Å²) in [6, 6.07) is 0. The average Bonchev–Trinajstić information content (AvgIpc) is 1.91. The van der Waals surface area contributed by atoms with Crippen molar-refractivity contribution in [3.8, 4) is 0 Å². The third-order valence-corrected chi connectivity index (χ3v) is 1.09. The fourth-order valence-electron chi connectivity index (χ4n) is 0.661. The highest BCUT2D eigenvalue weighted by atomic mass is 16.7. The highest BCUT2D eigenvalue weighted by molar-refractivity contribution is 4.94. The summed E-state index contributed by atoms with van der Waals surface area (Å²) >= 11 is 0. The van der Waals surface area contributed by atoms with Crippen molar-refractivity contribution in [2.24, 2.45) is 0 Å². The molecule has 0 amide bonds. The molecule has 0 saturated heterocycles. The largest absolute Gasteiger partial charge is 0.472 e. The van der Waals surface area contributed by atoms with Gasteiger partial charge in [-0.15, -0.1) is 0 Å². The molecule has 1 aliphatic rings. The molecule has 1 unspecified atom stereocenters. The van der Waals surface area contributed by atoms with Crippen LogP contribution in [0.25, 0.3) is 0 Å². The van der Waals surface area contributed by atoms with Crippen LogP contribution in [0.2, 0.25) is 0 Å². The number of hydrogen-bond acceptors (Lipinski definition) is 2. The Kier molecular flexibility index (Phi) is 5.03. The molecule has 1 aliphatic heterocycles. The van der Waals surface area contributed by atoms with Crippen LogP contribution in [0.5, 0.6) is 0 Å². The Morgan fingerprint density at radius 3 is 2.40 bits per heavy atom. The van der Waals surface area contributed by atoms with E-state index in [9.17, 15) is 0 Å². The van der Waals surface area contributed by atoms with Gasteiger partial charge in [-0.3, -0.25) is 0 Å². The maximum absolute atomic E-state index is 5.05. The first-order valence-corrected chi connectivity index (χ1v) is 3.72. The smallest absolute Gasteiger partial charge is 0.189 e. The van der Waals surface area contributed by atoms with Crippen LogP contribution in [-0.2, 0) is 9.47 Å². The molecule has 0 N–H and O–H groups in total.